The first-order valence-corrected chi connectivity index (χ1v) is 7.48. The molecule has 0 bridgehead atoms. The SMILES string of the molecule is CC(=O)N1CCC(NCc2cc(C#N)n(C)c2C)C(C)C1. The average molecular weight is 288 g/mol. The van der Waals surface area contributed by atoms with Crippen LogP contribution in [-0.4, -0.2) is 34.5 Å². The van der Waals surface area contributed by atoms with Crippen molar-refractivity contribution in [1.29, 1.82) is 5.26 Å². The van der Waals surface area contributed by atoms with Crippen LogP contribution in [0.4, 0.5) is 0 Å². The number of hydrogen-bond donors (Lipinski definition) is 1. The summed E-state index contributed by atoms with van der Waals surface area (Å²) in [7, 11) is 1.92. The van der Waals surface area contributed by atoms with E-state index in [1.807, 2.05) is 29.5 Å². The molecule has 21 heavy (non-hydrogen) atoms. The molecule has 1 saturated heterocycles. The number of amides is 1. The Morgan fingerprint density at radius 1 is 1.57 bits per heavy atom. The fourth-order valence-corrected chi connectivity index (χ4v) is 3.02. The summed E-state index contributed by atoms with van der Waals surface area (Å²) in [5.74, 6) is 0.611. The molecule has 1 aliphatic heterocycles. The average Bonchev–Trinajstić information content (AvgIpc) is 2.73. The molecular formula is C16H24N4O. The van der Waals surface area contributed by atoms with Gasteiger partial charge in [0, 0.05) is 45.3 Å². The van der Waals surface area contributed by atoms with Gasteiger partial charge in [-0.15, -0.1) is 0 Å². The zero-order valence-electron chi connectivity index (χ0n) is 13.3. The fourth-order valence-electron chi connectivity index (χ4n) is 3.02. The van der Waals surface area contributed by atoms with Crippen molar-refractivity contribution >= 4 is 5.91 Å². The maximum absolute atomic E-state index is 11.4. The first-order chi connectivity index (χ1) is 9.93. The summed E-state index contributed by atoms with van der Waals surface area (Å²) in [5.41, 5.74) is 3.01. The minimum absolute atomic E-state index is 0.165. The van der Waals surface area contributed by atoms with Gasteiger partial charge in [-0.3, -0.25) is 4.79 Å². The molecule has 2 heterocycles. The molecule has 0 spiro atoms. The van der Waals surface area contributed by atoms with Gasteiger partial charge in [-0.05, 0) is 30.9 Å². The Labute approximate surface area is 126 Å². The van der Waals surface area contributed by atoms with Gasteiger partial charge < -0.3 is 14.8 Å². The number of rotatable bonds is 3. The summed E-state index contributed by atoms with van der Waals surface area (Å²) < 4.78 is 1.93. The number of hydrogen-bond acceptors (Lipinski definition) is 3. The lowest BCUT2D eigenvalue weighted by atomic mass is 9.93. The van der Waals surface area contributed by atoms with Crippen LogP contribution in [0.1, 0.15) is 37.2 Å². The van der Waals surface area contributed by atoms with E-state index >= 15 is 0 Å². The third-order valence-electron chi connectivity index (χ3n) is 4.66. The molecule has 2 unspecified atom stereocenters. The molecule has 1 aromatic heterocycles. The summed E-state index contributed by atoms with van der Waals surface area (Å²) >= 11 is 0. The summed E-state index contributed by atoms with van der Waals surface area (Å²) in [6.45, 7) is 8.29. The molecule has 2 rings (SSSR count). The van der Waals surface area contributed by atoms with Crippen molar-refractivity contribution in [1.82, 2.24) is 14.8 Å². The lowest BCUT2D eigenvalue weighted by Gasteiger charge is -2.37. The molecule has 0 aromatic carbocycles. The van der Waals surface area contributed by atoms with E-state index in [0.717, 1.165) is 31.7 Å². The van der Waals surface area contributed by atoms with Gasteiger partial charge in [0.05, 0.1) is 0 Å². The normalized spacial score (nSPS) is 22.1. The Morgan fingerprint density at radius 3 is 2.81 bits per heavy atom. The lowest BCUT2D eigenvalue weighted by molar-refractivity contribution is -0.130. The van der Waals surface area contributed by atoms with E-state index in [4.69, 9.17) is 5.26 Å². The number of carbonyl (C=O) groups is 1. The van der Waals surface area contributed by atoms with Crippen LogP contribution in [-0.2, 0) is 18.4 Å². The molecule has 1 fully saturated rings. The summed E-state index contributed by atoms with van der Waals surface area (Å²) in [6, 6.07) is 4.59. The predicted octanol–water partition coefficient (Wildman–Crippen LogP) is 1.55. The molecule has 114 valence electrons. The molecule has 0 radical (unpaired) electrons. The minimum atomic E-state index is 0.165. The van der Waals surface area contributed by atoms with E-state index in [1.54, 1.807) is 6.92 Å². The summed E-state index contributed by atoms with van der Waals surface area (Å²) in [6.07, 6.45) is 0.984. The molecule has 1 aliphatic rings. The van der Waals surface area contributed by atoms with E-state index in [1.165, 1.54) is 5.56 Å². The zero-order valence-corrected chi connectivity index (χ0v) is 13.3. The third-order valence-corrected chi connectivity index (χ3v) is 4.66. The number of nitrogens with zero attached hydrogens (tertiary/aromatic N) is 3. The highest BCUT2D eigenvalue weighted by atomic mass is 16.2. The number of nitrogens with one attached hydrogen (secondary N) is 1. The quantitative estimate of drug-likeness (QED) is 0.918. The number of piperidine rings is 1. The van der Waals surface area contributed by atoms with Crippen molar-refractivity contribution in [2.75, 3.05) is 13.1 Å². The van der Waals surface area contributed by atoms with Crippen molar-refractivity contribution in [3.05, 3.63) is 23.0 Å². The van der Waals surface area contributed by atoms with E-state index < -0.39 is 0 Å². The van der Waals surface area contributed by atoms with Crippen LogP contribution in [0.15, 0.2) is 6.07 Å². The van der Waals surface area contributed by atoms with Crippen molar-refractivity contribution in [2.45, 2.75) is 39.8 Å². The van der Waals surface area contributed by atoms with Crippen LogP contribution < -0.4 is 5.32 Å². The highest BCUT2D eigenvalue weighted by Crippen LogP contribution is 2.19. The van der Waals surface area contributed by atoms with Crippen LogP contribution in [0, 0.1) is 24.2 Å². The van der Waals surface area contributed by atoms with Gasteiger partial charge in [-0.2, -0.15) is 5.26 Å². The van der Waals surface area contributed by atoms with Crippen molar-refractivity contribution in [3.8, 4) is 6.07 Å². The molecule has 1 N–H and O–H groups in total. The van der Waals surface area contributed by atoms with Crippen LogP contribution in [0.2, 0.25) is 0 Å². The molecule has 0 saturated carbocycles. The Kier molecular flexibility index (Phi) is 4.69. The fraction of sp³-hybridized carbons (Fsp3) is 0.625. The molecule has 1 amide bonds. The highest BCUT2D eigenvalue weighted by molar-refractivity contribution is 5.73. The van der Waals surface area contributed by atoms with Gasteiger partial charge in [0.2, 0.25) is 5.91 Å². The molecule has 5 nitrogen and oxygen atoms in total. The molecule has 2 atom stereocenters. The second-order valence-corrected chi connectivity index (χ2v) is 6.03. The monoisotopic (exact) mass is 288 g/mol. The molecular weight excluding hydrogens is 264 g/mol. The van der Waals surface area contributed by atoms with E-state index in [0.29, 0.717) is 17.7 Å². The molecule has 0 aliphatic carbocycles. The second-order valence-electron chi connectivity index (χ2n) is 6.03. The third kappa shape index (κ3) is 3.27. The second kappa shape index (κ2) is 6.31. The topological polar surface area (TPSA) is 61.1 Å². The smallest absolute Gasteiger partial charge is 0.219 e. The van der Waals surface area contributed by atoms with Gasteiger partial charge in [0.15, 0.2) is 0 Å². The van der Waals surface area contributed by atoms with Gasteiger partial charge in [-0.1, -0.05) is 6.92 Å². The minimum Gasteiger partial charge on any atom is -0.343 e. The van der Waals surface area contributed by atoms with E-state index in [-0.39, 0.29) is 5.91 Å². The standard InChI is InChI=1S/C16H24N4O/c1-11-10-20(13(3)21)6-5-16(11)18-9-14-7-15(8-17)19(4)12(14)2/h7,11,16,18H,5-6,9-10H2,1-4H3. The summed E-state index contributed by atoms with van der Waals surface area (Å²) in [5, 5.41) is 12.7. The van der Waals surface area contributed by atoms with Gasteiger partial charge in [0.25, 0.3) is 0 Å². The van der Waals surface area contributed by atoms with E-state index in [9.17, 15) is 4.79 Å². The molecule has 5 heteroatoms. The first-order valence-electron chi connectivity index (χ1n) is 7.48. The van der Waals surface area contributed by atoms with Gasteiger partial charge in [-0.25, -0.2) is 0 Å². The van der Waals surface area contributed by atoms with Gasteiger partial charge in [0.1, 0.15) is 11.8 Å². The number of aromatic nitrogens is 1. The number of carbonyl (C=O) groups excluding carboxylic acids is 1. The lowest BCUT2D eigenvalue weighted by Crippen LogP contribution is -2.49. The first kappa shape index (κ1) is 15.6. The number of nitriles is 1. The van der Waals surface area contributed by atoms with Crippen LogP contribution in [0.5, 0.6) is 0 Å². The van der Waals surface area contributed by atoms with Crippen LogP contribution in [0.25, 0.3) is 0 Å². The maximum Gasteiger partial charge on any atom is 0.219 e. The van der Waals surface area contributed by atoms with E-state index in [2.05, 4.69) is 18.3 Å². The number of likely N-dealkylation sites (tertiary alicyclic amines) is 1. The summed E-state index contributed by atoms with van der Waals surface area (Å²) in [4.78, 5) is 13.3. The predicted molar refractivity (Wildman–Crippen MR) is 81.5 cm³/mol. The van der Waals surface area contributed by atoms with Crippen LogP contribution in [0.3, 0.4) is 0 Å². The zero-order chi connectivity index (χ0) is 15.6. The Morgan fingerprint density at radius 2 is 2.29 bits per heavy atom. The van der Waals surface area contributed by atoms with Crippen molar-refractivity contribution in [3.63, 3.8) is 0 Å². The largest absolute Gasteiger partial charge is 0.343 e. The molecule has 1 aromatic rings. The van der Waals surface area contributed by atoms with Crippen LogP contribution >= 0.6 is 0 Å². The Bertz CT molecular complexity index is 570. The maximum atomic E-state index is 11.4. The van der Waals surface area contributed by atoms with Crippen molar-refractivity contribution < 1.29 is 4.79 Å². The highest BCUT2D eigenvalue weighted by Gasteiger charge is 2.27. The van der Waals surface area contributed by atoms with Crippen molar-refractivity contribution in [2.24, 2.45) is 13.0 Å². The van der Waals surface area contributed by atoms with Gasteiger partial charge >= 0.3 is 0 Å². The Balaban J connectivity index is 1.95. The Hall–Kier alpha value is -1.80.